The highest BCUT2D eigenvalue weighted by atomic mass is 16.7. The van der Waals surface area contributed by atoms with Crippen molar-refractivity contribution in [3.05, 3.63) is 24.3 Å². The smallest absolute Gasteiger partial charge is 0.229 e. The molecule has 1 aliphatic heterocycles. The zero-order valence-corrected chi connectivity index (χ0v) is 18.5. The first kappa shape index (κ1) is 27.7. The Morgan fingerprint density at radius 2 is 1.61 bits per heavy atom. The molecule has 1 aliphatic rings. The van der Waals surface area contributed by atoms with Gasteiger partial charge >= 0.3 is 0 Å². The number of aromatic hydroxyl groups is 1. The van der Waals surface area contributed by atoms with Crippen LogP contribution in [0.5, 0.6) is 11.5 Å². The van der Waals surface area contributed by atoms with Crippen molar-refractivity contribution in [2.75, 3.05) is 26.4 Å². The predicted octanol–water partition coefficient (Wildman–Crippen LogP) is -1.92. The first-order chi connectivity index (χ1) is 15.7. The number of rotatable bonds is 13. The lowest BCUT2D eigenvalue weighted by molar-refractivity contribution is -0.302. The van der Waals surface area contributed by atoms with Crippen LogP contribution in [0, 0.1) is 0 Å². The normalized spacial score (nSPS) is 28.5. The van der Waals surface area contributed by atoms with Gasteiger partial charge in [-0.15, -0.1) is 0 Å². The molecule has 0 aliphatic carbocycles. The van der Waals surface area contributed by atoms with E-state index < -0.39 is 68.5 Å². The van der Waals surface area contributed by atoms with Crippen LogP contribution in [0.1, 0.15) is 13.8 Å². The highest BCUT2D eigenvalue weighted by Gasteiger charge is 2.45. The molecular formula is C21H34O12. The molecule has 8 atom stereocenters. The molecule has 0 radical (unpaired) electrons. The van der Waals surface area contributed by atoms with Crippen molar-refractivity contribution >= 4 is 0 Å². The molecule has 12 nitrogen and oxygen atoms in total. The van der Waals surface area contributed by atoms with E-state index in [1.165, 1.54) is 31.2 Å². The third kappa shape index (κ3) is 7.72. The highest BCUT2D eigenvalue weighted by molar-refractivity contribution is 5.30. The van der Waals surface area contributed by atoms with Gasteiger partial charge in [0.15, 0.2) is 6.29 Å². The Morgan fingerprint density at radius 3 is 2.15 bits per heavy atom. The predicted molar refractivity (Wildman–Crippen MR) is 111 cm³/mol. The average Bonchev–Trinajstić information content (AvgIpc) is 2.80. The van der Waals surface area contributed by atoms with Crippen molar-refractivity contribution < 1.29 is 59.4 Å². The summed E-state index contributed by atoms with van der Waals surface area (Å²) < 4.78 is 27.8. The largest absolute Gasteiger partial charge is 0.508 e. The SMILES string of the molecule is CCOC(C(OCC1O[C@H](Oc2ccc(O)cc2)[C@H](O)[C@@H](O)[C@@H]1O)OC(CO)CO)[C@H](C)O. The number of hydrogen-bond acceptors (Lipinski definition) is 12. The first-order valence-electron chi connectivity index (χ1n) is 10.7. The lowest BCUT2D eigenvalue weighted by Gasteiger charge is -2.41. The Hall–Kier alpha value is -1.58. The Balaban J connectivity index is 2.11. The van der Waals surface area contributed by atoms with E-state index in [0.717, 1.165) is 0 Å². The van der Waals surface area contributed by atoms with Gasteiger partial charge in [-0.1, -0.05) is 0 Å². The summed E-state index contributed by atoms with van der Waals surface area (Å²) in [5.41, 5.74) is 0. The second-order valence-corrected chi connectivity index (χ2v) is 7.61. The van der Waals surface area contributed by atoms with Gasteiger partial charge in [0, 0.05) is 6.61 Å². The van der Waals surface area contributed by atoms with Crippen LogP contribution in [0.3, 0.4) is 0 Å². The van der Waals surface area contributed by atoms with Gasteiger partial charge in [0.05, 0.1) is 25.9 Å². The monoisotopic (exact) mass is 478 g/mol. The molecule has 0 aromatic heterocycles. The Kier molecular flexibility index (Phi) is 11.2. The summed E-state index contributed by atoms with van der Waals surface area (Å²) in [4.78, 5) is 0. The topological polar surface area (TPSA) is 188 Å². The van der Waals surface area contributed by atoms with Crippen molar-refractivity contribution in [1.82, 2.24) is 0 Å². The number of benzene rings is 1. The second kappa shape index (κ2) is 13.3. The van der Waals surface area contributed by atoms with Crippen LogP contribution < -0.4 is 4.74 Å². The van der Waals surface area contributed by atoms with E-state index in [0.29, 0.717) is 0 Å². The molecule has 1 aromatic rings. The molecule has 12 heteroatoms. The van der Waals surface area contributed by atoms with Crippen molar-refractivity contribution in [1.29, 1.82) is 0 Å². The van der Waals surface area contributed by atoms with Gasteiger partial charge in [-0.05, 0) is 38.1 Å². The molecule has 0 spiro atoms. The summed E-state index contributed by atoms with van der Waals surface area (Å²) in [5, 5.41) is 69.0. The number of aliphatic hydroxyl groups is 6. The number of aliphatic hydroxyl groups excluding tert-OH is 6. The molecule has 0 amide bonds. The van der Waals surface area contributed by atoms with Crippen LogP contribution in [0.15, 0.2) is 24.3 Å². The first-order valence-corrected chi connectivity index (χ1v) is 10.7. The zero-order chi connectivity index (χ0) is 24.5. The molecule has 1 heterocycles. The standard InChI is InChI=1S/C21H34O12/c1-3-29-19(11(2)24)21(32-14(8-22)9-23)30-10-15-16(26)17(27)18(28)20(33-15)31-13-6-4-12(25)5-7-13/h4-7,11,14-28H,3,8-10H2,1-2H3/t11-,15?,16+,17-,18+,19?,20-,21?/m0/s1. The quantitative estimate of drug-likeness (QED) is 0.156. The van der Waals surface area contributed by atoms with Crippen molar-refractivity contribution in [3.8, 4) is 11.5 Å². The molecule has 0 saturated carbocycles. The maximum atomic E-state index is 10.4. The van der Waals surface area contributed by atoms with E-state index in [4.69, 9.17) is 23.7 Å². The van der Waals surface area contributed by atoms with Crippen LogP contribution in [0.2, 0.25) is 0 Å². The zero-order valence-electron chi connectivity index (χ0n) is 18.5. The van der Waals surface area contributed by atoms with Crippen LogP contribution >= 0.6 is 0 Å². The number of phenolic OH excluding ortho intramolecular Hbond substituents is 1. The van der Waals surface area contributed by atoms with E-state index in [9.17, 15) is 35.7 Å². The summed E-state index contributed by atoms with van der Waals surface area (Å²) in [6.07, 6.45) is -11.7. The van der Waals surface area contributed by atoms with Gasteiger partial charge in [0.25, 0.3) is 0 Å². The Morgan fingerprint density at radius 1 is 0.970 bits per heavy atom. The van der Waals surface area contributed by atoms with Gasteiger partial charge in [0.2, 0.25) is 6.29 Å². The van der Waals surface area contributed by atoms with Crippen molar-refractivity contribution in [2.24, 2.45) is 0 Å². The fraction of sp³-hybridized carbons (Fsp3) is 0.714. The number of hydrogen-bond donors (Lipinski definition) is 7. The summed E-state index contributed by atoms with van der Waals surface area (Å²) in [5.74, 6) is 0.242. The fourth-order valence-corrected chi connectivity index (χ4v) is 3.18. The summed E-state index contributed by atoms with van der Waals surface area (Å²) in [7, 11) is 0. The maximum Gasteiger partial charge on any atom is 0.229 e. The van der Waals surface area contributed by atoms with Crippen LogP contribution in [0.25, 0.3) is 0 Å². The lowest BCUT2D eigenvalue weighted by atomic mass is 9.99. The van der Waals surface area contributed by atoms with Gasteiger partial charge in [-0.25, -0.2) is 0 Å². The van der Waals surface area contributed by atoms with Crippen molar-refractivity contribution in [2.45, 2.75) is 69.2 Å². The average molecular weight is 478 g/mol. The van der Waals surface area contributed by atoms with E-state index in [2.05, 4.69) is 0 Å². The van der Waals surface area contributed by atoms with E-state index in [-0.39, 0.29) is 24.7 Å². The minimum Gasteiger partial charge on any atom is -0.508 e. The molecular weight excluding hydrogens is 444 g/mol. The molecule has 190 valence electrons. The van der Waals surface area contributed by atoms with E-state index in [1.807, 2.05) is 0 Å². The lowest BCUT2D eigenvalue weighted by Crippen LogP contribution is -2.60. The van der Waals surface area contributed by atoms with Crippen LogP contribution in [-0.2, 0) is 18.9 Å². The third-order valence-corrected chi connectivity index (χ3v) is 5.02. The molecule has 33 heavy (non-hydrogen) atoms. The van der Waals surface area contributed by atoms with Gasteiger partial charge in [0.1, 0.15) is 48.1 Å². The van der Waals surface area contributed by atoms with Gasteiger partial charge in [-0.3, -0.25) is 0 Å². The third-order valence-electron chi connectivity index (χ3n) is 5.02. The molecule has 1 saturated heterocycles. The Labute approximate surface area is 191 Å². The number of phenols is 1. The second-order valence-electron chi connectivity index (χ2n) is 7.61. The van der Waals surface area contributed by atoms with Gasteiger partial charge < -0.3 is 59.4 Å². The molecule has 7 N–H and O–H groups in total. The molecule has 0 bridgehead atoms. The van der Waals surface area contributed by atoms with Crippen LogP contribution in [-0.4, -0.2) is 117 Å². The molecule has 2 rings (SSSR count). The Bertz CT molecular complexity index is 668. The summed E-state index contributed by atoms with van der Waals surface area (Å²) >= 11 is 0. The summed E-state index contributed by atoms with van der Waals surface area (Å²) in [6, 6.07) is 5.58. The van der Waals surface area contributed by atoms with Crippen LogP contribution in [0.4, 0.5) is 0 Å². The van der Waals surface area contributed by atoms with Crippen molar-refractivity contribution in [3.63, 3.8) is 0 Å². The molecule has 1 aromatic carbocycles. The molecule has 3 unspecified atom stereocenters. The van der Waals surface area contributed by atoms with E-state index >= 15 is 0 Å². The fourth-order valence-electron chi connectivity index (χ4n) is 3.18. The van der Waals surface area contributed by atoms with E-state index in [1.54, 1.807) is 6.92 Å². The maximum absolute atomic E-state index is 10.4. The number of ether oxygens (including phenoxy) is 5. The minimum absolute atomic E-state index is 0.00580. The highest BCUT2D eigenvalue weighted by Crippen LogP contribution is 2.26. The minimum atomic E-state index is -1.63. The summed E-state index contributed by atoms with van der Waals surface area (Å²) in [6.45, 7) is 1.91. The molecule has 1 fully saturated rings. The van der Waals surface area contributed by atoms with Gasteiger partial charge in [-0.2, -0.15) is 0 Å².